The monoisotopic (exact) mass is 357 g/mol. The fraction of sp³-hybridized carbons (Fsp3) is 0.474. The largest absolute Gasteiger partial charge is 0.481 e. The van der Waals surface area contributed by atoms with Gasteiger partial charge in [-0.2, -0.15) is 0 Å². The number of piperidine rings is 3. The molecule has 25 heavy (non-hydrogen) atoms. The van der Waals surface area contributed by atoms with Crippen LogP contribution in [0.25, 0.3) is 10.4 Å². The fourth-order valence-electron chi connectivity index (χ4n) is 4.11. The lowest BCUT2D eigenvalue weighted by molar-refractivity contribution is 0.0218. The molecule has 1 N–H and O–H groups in total. The molecule has 3 aliphatic heterocycles. The second kappa shape index (κ2) is 6.77. The van der Waals surface area contributed by atoms with Crippen molar-refractivity contribution in [2.75, 3.05) is 20.2 Å². The van der Waals surface area contributed by atoms with Gasteiger partial charge >= 0.3 is 0 Å². The van der Waals surface area contributed by atoms with Gasteiger partial charge in [-0.05, 0) is 63.0 Å². The molecule has 132 valence electrons. The lowest BCUT2D eigenvalue weighted by Crippen LogP contribution is -2.62. The first-order chi connectivity index (χ1) is 12.2. The van der Waals surface area contributed by atoms with Gasteiger partial charge < -0.3 is 10.1 Å². The third kappa shape index (κ3) is 3.04. The van der Waals surface area contributed by atoms with Gasteiger partial charge in [0.2, 0.25) is 5.88 Å². The van der Waals surface area contributed by atoms with Crippen molar-refractivity contribution in [2.45, 2.75) is 31.8 Å². The molecule has 2 atom stereocenters. The molecule has 0 saturated carbocycles. The van der Waals surface area contributed by atoms with Crippen LogP contribution in [0.4, 0.5) is 0 Å². The van der Waals surface area contributed by atoms with E-state index in [4.69, 9.17) is 4.74 Å². The smallest absolute Gasteiger partial charge is 0.261 e. The maximum absolute atomic E-state index is 12.8. The molecule has 2 aromatic heterocycles. The highest BCUT2D eigenvalue weighted by atomic mass is 32.1. The van der Waals surface area contributed by atoms with Gasteiger partial charge in [0.05, 0.1) is 17.6 Å². The summed E-state index contributed by atoms with van der Waals surface area (Å²) in [4.78, 5) is 21.2. The Bertz CT molecular complexity index is 766. The van der Waals surface area contributed by atoms with Crippen LogP contribution in [0.5, 0.6) is 5.88 Å². The molecule has 3 fully saturated rings. The van der Waals surface area contributed by atoms with Crippen molar-refractivity contribution < 1.29 is 9.53 Å². The summed E-state index contributed by atoms with van der Waals surface area (Å²) in [5, 5.41) is 3.29. The van der Waals surface area contributed by atoms with E-state index in [1.54, 1.807) is 13.3 Å². The number of amides is 1. The number of nitrogens with one attached hydrogen (secondary N) is 1. The Labute approximate surface area is 152 Å². The summed E-state index contributed by atoms with van der Waals surface area (Å²) in [7, 11) is 1.61. The number of hydrogen-bond acceptors (Lipinski definition) is 5. The molecular formula is C19H23N3O2S. The van der Waals surface area contributed by atoms with Gasteiger partial charge in [0.1, 0.15) is 0 Å². The van der Waals surface area contributed by atoms with E-state index in [1.165, 1.54) is 37.3 Å². The highest BCUT2D eigenvalue weighted by molar-refractivity contribution is 7.17. The van der Waals surface area contributed by atoms with E-state index in [-0.39, 0.29) is 11.9 Å². The average molecular weight is 357 g/mol. The molecule has 6 heteroatoms. The van der Waals surface area contributed by atoms with E-state index in [0.717, 1.165) is 15.3 Å². The third-order valence-electron chi connectivity index (χ3n) is 5.54. The summed E-state index contributed by atoms with van der Waals surface area (Å²) in [6.07, 6.45) is 4.09. The Morgan fingerprint density at radius 3 is 2.84 bits per heavy atom. The predicted molar refractivity (Wildman–Crippen MR) is 99.1 cm³/mol. The Morgan fingerprint density at radius 2 is 2.12 bits per heavy atom. The Kier molecular flexibility index (Phi) is 4.48. The van der Waals surface area contributed by atoms with Gasteiger partial charge in [-0.15, -0.1) is 11.3 Å². The van der Waals surface area contributed by atoms with Crippen LogP contribution in [-0.4, -0.2) is 48.1 Å². The van der Waals surface area contributed by atoms with Crippen molar-refractivity contribution in [1.82, 2.24) is 15.2 Å². The summed E-state index contributed by atoms with van der Waals surface area (Å²) in [5.74, 6) is 1.23. The second-order valence-corrected chi connectivity index (χ2v) is 7.92. The molecule has 2 aromatic rings. The Morgan fingerprint density at radius 1 is 1.32 bits per heavy atom. The number of rotatable bonds is 4. The van der Waals surface area contributed by atoms with Crippen LogP contribution < -0.4 is 10.1 Å². The minimum Gasteiger partial charge on any atom is -0.481 e. The first-order valence-electron chi connectivity index (χ1n) is 8.81. The molecule has 0 spiro atoms. The van der Waals surface area contributed by atoms with Crippen molar-refractivity contribution in [2.24, 2.45) is 5.92 Å². The molecule has 0 unspecified atom stereocenters. The van der Waals surface area contributed by atoms with Crippen LogP contribution in [-0.2, 0) is 0 Å². The van der Waals surface area contributed by atoms with Crippen LogP contribution in [0, 0.1) is 5.92 Å². The zero-order valence-electron chi connectivity index (χ0n) is 14.6. The van der Waals surface area contributed by atoms with Gasteiger partial charge in [0.15, 0.2) is 0 Å². The number of nitrogens with zero attached hydrogens (tertiary/aromatic N) is 2. The van der Waals surface area contributed by atoms with Gasteiger partial charge in [0, 0.05) is 23.2 Å². The highest BCUT2D eigenvalue weighted by Crippen LogP contribution is 2.35. The minimum absolute atomic E-state index is 0.0321. The maximum atomic E-state index is 12.8. The molecule has 5 heterocycles. The van der Waals surface area contributed by atoms with Crippen molar-refractivity contribution in [3.63, 3.8) is 0 Å². The summed E-state index contributed by atoms with van der Waals surface area (Å²) >= 11 is 1.49. The number of ether oxygens (including phenoxy) is 1. The number of aromatic nitrogens is 1. The minimum atomic E-state index is 0.0321. The van der Waals surface area contributed by atoms with Gasteiger partial charge in [-0.3, -0.25) is 9.69 Å². The van der Waals surface area contributed by atoms with Gasteiger partial charge in [0.25, 0.3) is 5.91 Å². The van der Waals surface area contributed by atoms with Crippen molar-refractivity contribution >= 4 is 17.2 Å². The number of fused-ring (bicyclic) bond motifs is 3. The quantitative estimate of drug-likeness (QED) is 0.914. The number of pyridine rings is 1. The molecule has 3 aliphatic rings. The molecule has 3 saturated heterocycles. The van der Waals surface area contributed by atoms with E-state index >= 15 is 0 Å². The van der Waals surface area contributed by atoms with Crippen LogP contribution in [0.2, 0.25) is 0 Å². The molecule has 5 rings (SSSR count). The molecule has 0 aromatic carbocycles. The first kappa shape index (κ1) is 16.5. The fourth-order valence-corrected chi connectivity index (χ4v) is 5.04. The third-order valence-corrected chi connectivity index (χ3v) is 6.65. The average Bonchev–Trinajstić information content (AvgIpc) is 3.15. The van der Waals surface area contributed by atoms with Crippen LogP contribution in [0.3, 0.4) is 0 Å². The molecule has 5 nitrogen and oxygen atoms in total. The predicted octanol–water partition coefficient (Wildman–Crippen LogP) is 3.03. The highest BCUT2D eigenvalue weighted by Gasteiger charge is 2.40. The topological polar surface area (TPSA) is 54.5 Å². The van der Waals surface area contributed by atoms with Crippen molar-refractivity contribution in [3.05, 3.63) is 35.3 Å². The molecule has 1 amide bonds. The van der Waals surface area contributed by atoms with Crippen molar-refractivity contribution in [3.8, 4) is 16.3 Å². The van der Waals surface area contributed by atoms with Gasteiger partial charge in [-0.25, -0.2) is 4.98 Å². The summed E-state index contributed by atoms with van der Waals surface area (Å²) in [6.45, 7) is 4.57. The van der Waals surface area contributed by atoms with E-state index < -0.39 is 0 Å². The molecular weight excluding hydrogens is 334 g/mol. The number of hydrogen-bond donors (Lipinski definition) is 1. The lowest BCUT2D eigenvalue weighted by Gasteiger charge is -2.49. The van der Waals surface area contributed by atoms with E-state index in [0.29, 0.717) is 17.8 Å². The van der Waals surface area contributed by atoms with Crippen LogP contribution in [0.15, 0.2) is 30.5 Å². The van der Waals surface area contributed by atoms with E-state index in [1.807, 2.05) is 24.3 Å². The molecule has 0 radical (unpaired) electrons. The number of methoxy groups -OCH3 is 1. The zero-order chi connectivity index (χ0) is 17.4. The standard InChI is InChI=1S/C19H23N3O2S/c1-12-17(13-7-10-22(12)11-8-13)21-18(23)16-6-5-15(25-16)14-4-3-9-20-19(14)24-2/h3-6,9,12-13,17H,7-8,10-11H2,1-2H3,(H,21,23)/t12-,17+/m1/s1. The maximum Gasteiger partial charge on any atom is 0.261 e. The number of carbonyl (C=O) groups is 1. The first-order valence-corrected chi connectivity index (χ1v) is 9.63. The molecule has 0 aliphatic carbocycles. The zero-order valence-corrected chi connectivity index (χ0v) is 15.4. The number of thiophene rings is 1. The van der Waals surface area contributed by atoms with Crippen LogP contribution >= 0.6 is 11.3 Å². The Balaban J connectivity index is 1.51. The second-order valence-electron chi connectivity index (χ2n) is 6.84. The summed E-state index contributed by atoms with van der Waals surface area (Å²) < 4.78 is 5.33. The normalized spacial score (nSPS) is 27.9. The van der Waals surface area contributed by atoms with Crippen LogP contribution in [0.1, 0.15) is 29.4 Å². The molecule has 2 bridgehead atoms. The number of carbonyl (C=O) groups excluding carboxylic acids is 1. The lowest BCUT2D eigenvalue weighted by atomic mass is 9.79. The summed E-state index contributed by atoms with van der Waals surface area (Å²) in [5.41, 5.74) is 0.922. The van der Waals surface area contributed by atoms with E-state index in [2.05, 4.69) is 22.1 Å². The SMILES string of the molecule is COc1ncccc1-c1ccc(C(=O)N[C@@H]2C3CCN(CC3)[C@@H]2C)s1. The summed E-state index contributed by atoms with van der Waals surface area (Å²) in [6, 6.07) is 8.40. The van der Waals surface area contributed by atoms with E-state index in [9.17, 15) is 4.79 Å². The van der Waals surface area contributed by atoms with Crippen molar-refractivity contribution in [1.29, 1.82) is 0 Å². The van der Waals surface area contributed by atoms with Gasteiger partial charge in [-0.1, -0.05) is 0 Å². The Hall–Kier alpha value is -1.92.